The molecule has 0 aliphatic carbocycles. The summed E-state index contributed by atoms with van der Waals surface area (Å²) in [5.74, 6) is -0.724. The topological polar surface area (TPSA) is 71.3 Å². The number of amides is 2. The second kappa shape index (κ2) is 6.95. The molecule has 1 heterocycles. The number of para-hydroxylation sites is 1. The zero-order valence-electron chi connectivity index (χ0n) is 11.4. The van der Waals surface area contributed by atoms with Gasteiger partial charge in [-0.15, -0.1) is 0 Å². The van der Waals surface area contributed by atoms with E-state index in [-0.39, 0.29) is 6.04 Å². The lowest BCUT2D eigenvalue weighted by Gasteiger charge is -2.12. The molecule has 1 aromatic heterocycles. The van der Waals surface area contributed by atoms with Gasteiger partial charge in [-0.1, -0.05) is 23.7 Å². The Hall–Kier alpha value is -2.27. The van der Waals surface area contributed by atoms with Crippen molar-refractivity contribution in [2.24, 2.45) is 0 Å². The molecule has 2 rings (SSSR count). The summed E-state index contributed by atoms with van der Waals surface area (Å²) in [6, 6.07) is 10.1. The van der Waals surface area contributed by atoms with Crippen LogP contribution in [0, 0.1) is 0 Å². The lowest BCUT2D eigenvalue weighted by Crippen LogP contribution is -2.41. The molecule has 0 bridgehead atoms. The van der Waals surface area contributed by atoms with Crippen LogP contribution in [0.25, 0.3) is 0 Å². The molecule has 1 unspecified atom stereocenters. The fourth-order valence-corrected chi connectivity index (χ4v) is 2.00. The van der Waals surface area contributed by atoms with Crippen molar-refractivity contribution < 1.29 is 14.0 Å². The molecular weight excluding hydrogens is 292 g/mol. The Kier molecular flexibility index (Phi) is 5.00. The molecule has 6 heteroatoms. The molecule has 21 heavy (non-hydrogen) atoms. The minimum Gasteiger partial charge on any atom is -0.469 e. The highest BCUT2D eigenvalue weighted by molar-refractivity contribution is 6.41. The van der Waals surface area contributed by atoms with Gasteiger partial charge in [0.25, 0.3) is 0 Å². The highest BCUT2D eigenvalue weighted by Crippen LogP contribution is 2.20. The largest absolute Gasteiger partial charge is 0.469 e. The third-order valence-corrected chi connectivity index (χ3v) is 3.12. The van der Waals surface area contributed by atoms with Gasteiger partial charge in [-0.25, -0.2) is 0 Å². The van der Waals surface area contributed by atoms with Crippen molar-refractivity contribution in [3.63, 3.8) is 0 Å². The Labute approximate surface area is 127 Å². The number of hydrogen-bond acceptors (Lipinski definition) is 3. The number of halogens is 1. The summed E-state index contributed by atoms with van der Waals surface area (Å²) in [6.07, 6.45) is 2.08. The fraction of sp³-hybridized carbons (Fsp3) is 0.200. The molecule has 1 atom stereocenters. The Bertz CT molecular complexity index is 626. The molecule has 0 radical (unpaired) electrons. The Morgan fingerprint density at radius 3 is 2.62 bits per heavy atom. The van der Waals surface area contributed by atoms with Crippen LogP contribution in [0.2, 0.25) is 5.02 Å². The highest BCUT2D eigenvalue weighted by atomic mass is 35.5. The third-order valence-electron chi connectivity index (χ3n) is 2.79. The van der Waals surface area contributed by atoms with E-state index in [1.165, 1.54) is 0 Å². The van der Waals surface area contributed by atoms with Crippen molar-refractivity contribution in [2.75, 3.05) is 5.32 Å². The van der Waals surface area contributed by atoms with Crippen LogP contribution < -0.4 is 10.6 Å². The summed E-state index contributed by atoms with van der Waals surface area (Å²) >= 11 is 5.91. The van der Waals surface area contributed by atoms with Gasteiger partial charge in [0.15, 0.2) is 0 Å². The average Bonchev–Trinajstić information content (AvgIpc) is 2.93. The van der Waals surface area contributed by atoms with Gasteiger partial charge < -0.3 is 15.1 Å². The summed E-state index contributed by atoms with van der Waals surface area (Å²) in [5, 5.41) is 5.45. The number of carbonyl (C=O) groups is 2. The van der Waals surface area contributed by atoms with Crippen LogP contribution in [0.4, 0.5) is 5.69 Å². The molecule has 0 fully saturated rings. The smallest absolute Gasteiger partial charge is 0.313 e. The molecule has 0 aliphatic heterocycles. The van der Waals surface area contributed by atoms with E-state index in [1.807, 2.05) is 6.07 Å². The molecule has 1 aromatic carbocycles. The van der Waals surface area contributed by atoms with Crippen LogP contribution in [0.15, 0.2) is 47.1 Å². The summed E-state index contributed by atoms with van der Waals surface area (Å²) in [5.41, 5.74) is 0.401. The molecule has 110 valence electrons. The van der Waals surface area contributed by atoms with E-state index in [0.29, 0.717) is 17.1 Å². The highest BCUT2D eigenvalue weighted by Gasteiger charge is 2.17. The van der Waals surface area contributed by atoms with E-state index in [9.17, 15) is 9.59 Å². The maximum Gasteiger partial charge on any atom is 0.313 e. The van der Waals surface area contributed by atoms with Gasteiger partial charge in [0.1, 0.15) is 5.76 Å². The first-order valence-corrected chi connectivity index (χ1v) is 6.83. The second-order valence-corrected chi connectivity index (χ2v) is 5.00. The van der Waals surface area contributed by atoms with Crippen LogP contribution in [-0.4, -0.2) is 17.9 Å². The molecule has 2 amide bonds. The normalized spacial score (nSPS) is 11.7. The Morgan fingerprint density at radius 2 is 1.95 bits per heavy atom. The van der Waals surface area contributed by atoms with Crippen molar-refractivity contribution in [3.05, 3.63) is 53.4 Å². The van der Waals surface area contributed by atoms with Crippen LogP contribution in [-0.2, 0) is 16.0 Å². The van der Waals surface area contributed by atoms with Gasteiger partial charge in [-0.3, -0.25) is 9.59 Å². The van der Waals surface area contributed by atoms with E-state index >= 15 is 0 Å². The zero-order valence-corrected chi connectivity index (χ0v) is 12.2. The lowest BCUT2D eigenvalue weighted by atomic mass is 10.2. The molecule has 0 spiro atoms. The van der Waals surface area contributed by atoms with Gasteiger partial charge in [0.05, 0.1) is 17.0 Å². The molecular formula is C15H15ClN2O3. The molecule has 2 N–H and O–H groups in total. The number of hydrogen-bond donors (Lipinski definition) is 2. The van der Waals surface area contributed by atoms with Crippen molar-refractivity contribution in [1.82, 2.24) is 5.32 Å². The van der Waals surface area contributed by atoms with Crippen LogP contribution in [0.1, 0.15) is 12.7 Å². The minimum atomic E-state index is -0.755. The first-order chi connectivity index (χ1) is 10.1. The van der Waals surface area contributed by atoms with Crippen molar-refractivity contribution in [2.45, 2.75) is 19.4 Å². The van der Waals surface area contributed by atoms with Crippen LogP contribution >= 0.6 is 11.6 Å². The van der Waals surface area contributed by atoms with Gasteiger partial charge in [0.2, 0.25) is 0 Å². The predicted octanol–water partition coefficient (Wildman–Crippen LogP) is 2.62. The van der Waals surface area contributed by atoms with Gasteiger partial charge in [-0.2, -0.15) is 0 Å². The van der Waals surface area contributed by atoms with Gasteiger partial charge in [-0.05, 0) is 31.2 Å². The number of nitrogens with one attached hydrogen (secondary N) is 2. The maximum absolute atomic E-state index is 11.8. The molecule has 0 saturated carbocycles. The summed E-state index contributed by atoms with van der Waals surface area (Å²) < 4.78 is 5.19. The maximum atomic E-state index is 11.8. The van der Waals surface area contributed by atoms with Crippen LogP contribution in [0.3, 0.4) is 0 Å². The van der Waals surface area contributed by atoms with Crippen molar-refractivity contribution >= 4 is 29.1 Å². The zero-order chi connectivity index (χ0) is 15.2. The first kappa shape index (κ1) is 15.1. The van der Waals surface area contributed by atoms with Gasteiger partial charge in [0, 0.05) is 12.5 Å². The molecule has 0 saturated heterocycles. The summed E-state index contributed by atoms with van der Waals surface area (Å²) in [6.45, 7) is 1.79. The number of carbonyl (C=O) groups excluding carboxylic acids is 2. The van der Waals surface area contributed by atoms with E-state index in [4.69, 9.17) is 16.0 Å². The molecule has 2 aromatic rings. The number of furan rings is 1. The number of rotatable bonds is 4. The van der Waals surface area contributed by atoms with E-state index < -0.39 is 11.8 Å². The Morgan fingerprint density at radius 1 is 1.19 bits per heavy atom. The number of benzene rings is 1. The van der Waals surface area contributed by atoms with Crippen molar-refractivity contribution in [3.8, 4) is 0 Å². The van der Waals surface area contributed by atoms with E-state index in [2.05, 4.69) is 10.6 Å². The van der Waals surface area contributed by atoms with Crippen molar-refractivity contribution in [1.29, 1.82) is 0 Å². The van der Waals surface area contributed by atoms with E-state index in [0.717, 1.165) is 5.76 Å². The van der Waals surface area contributed by atoms with E-state index in [1.54, 1.807) is 43.5 Å². The van der Waals surface area contributed by atoms with Crippen LogP contribution in [0.5, 0.6) is 0 Å². The first-order valence-electron chi connectivity index (χ1n) is 6.45. The fourth-order valence-electron chi connectivity index (χ4n) is 1.81. The lowest BCUT2D eigenvalue weighted by molar-refractivity contribution is -0.136. The SMILES string of the molecule is CC(Cc1ccco1)NC(=O)C(=O)Nc1ccccc1Cl. The quantitative estimate of drug-likeness (QED) is 0.853. The minimum absolute atomic E-state index is 0.222. The standard InChI is InChI=1S/C15H15ClN2O3/c1-10(9-11-5-4-8-21-11)17-14(19)15(20)18-13-7-3-2-6-12(13)16/h2-8,10H,9H2,1H3,(H,17,19)(H,18,20). The summed E-state index contributed by atoms with van der Waals surface area (Å²) in [4.78, 5) is 23.6. The third kappa shape index (κ3) is 4.36. The molecule has 0 aliphatic rings. The Balaban J connectivity index is 1.88. The number of anilines is 1. The summed E-state index contributed by atoms with van der Waals surface area (Å²) in [7, 11) is 0. The second-order valence-electron chi connectivity index (χ2n) is 4.59. The average molecular weight is 307 g/mol. The predicted molar refractivity (Wildman–Crippen MR) is 80.1 cm³/mol. The van der Waals surface area contributed by atoms with Gasteiger partial charge >= 0.3 is 11.8 Å². The monoisotopic (exact) mass is 306 g/mol. The molecule has 5 nitrogen and oxygen atoms in total.